The maximum atomic E-state index is 13.9. The zero-order chi connectivity index (χ0) is 13.3. The maximum absolute atomic E-state index is 13.9. The average Bonchev–Trinajstić information content (AvgIpc) is 2.35. The van der Waals surface area contributed by atoms with Gasteiger partial charge < -0.3 is 5.73 Å². The molecular formula is C14H12BrF2N. The molecule has 0 aliphatic heterocycles. The van der Waals surface area contributed by atoms with Gasteiger partial charge in [0.2, 0.25) is 0 Å². The third-order valence-electron chi connectivity index (χ3n) is 2.87. The molecule has 4 heteroatoms. The van der Waals surface area contributed by atoms with Crippen LogP contribution in [0.5, 0.6) is 0 Å². The van der Waals surface area contributed by atoms with Crippen molar-refractivity contribution in [2.24, 2.45) is 5.73 Å². The molecule has 2 rings (SSSR count). The smallest absolute Gasteiger partial charge is 0.142 e. The molecule has 1 unspecified atom stereocenters. The highest BCUT2D eigenvalue weighted by molar-refractivity contribution is 9.10. The van der Waals surface area contributed by atoms with E-state index in [4.69, 9.17) is 5.73 Å². The highest BCUT2D eigenvalue weighted by Crippen LogP contribution is 2.27. The van der Waals surface area contributed by atoms with E-state index in [1.165, 1.54) is 6.07 Å². The van der Waals surface area contributed by atoms with Gasteiger partial charge in [-0.05, 0) is 46.1 Å². The summed E-state index contributed by atoms with van der Waals surface area (Å²) in [7, 11) is 0. The van der Waals surface area contributed by atoms with Crippen LogP contribution in [0.1, 0.15) is 22.7 Å². The topological polar surface area (TPSA) is 26.0 Å². The molecule has 0 aromatic heterocycles. The van der Waals surface area contributed by atoms with E-state index in [-0.39, 0.29) is 5.82 Å². The first kappa shape index (κ1) is 13.2. The van der Waals surface area contributed by atoms with Gasteiger partial charge in [-0.25, -0.2) is 8.78 Å². The van der Waals surface area contributed by atoms with Gasteiger partial charge in [-0.2, -0.15) is 0 Å². The molecule has 0 saturated carbocycles. The monoisotopic (exact) mass is 311 g/mol. The quantitative estimate of drug-likeness (QED) is 0.888. The Morgan fingerprint density at radius 2 is 1.89 bits per heavy atom. The highest BCUT2D eigenvalue weighted by Gasteiger charge is 2.16. The summed E-state index contributed by atoms with van der Waals surface area (Å²) in [6.45, 7) is 1.67. The standard InChI is InChI=1S/C14H12BrF2N/c1-8-5-6-9(7-12(8)16)14(18)10-3-2-4-11(15)13(10)17/h2-7,14H,18H2,1H3. The number of rotatable bonds is 2. The van der Waals surface area contributed by atoms with Crippen molar-refractivity contribution in [1.29, 1.82) is 0 Å². The average molecular weight is 312 g/mol. The van der Waals surface area contributed by atoms with Crippen LogP contribution < -0.4 is 5.73 Å². The molecule has 94 valence electrons. The molecule has 2 N–H and O–H groups in total. The number of hydrogen-bond donors (Lipinski definition) is 1. The number of hydrogen-bond acceptors (Lipinski definition) is 1. The fourth-order valence-corrected chi connectivity index (χ4v) is 2.12. The second kappa shape index (κ2) is 5.16. The third kappa shape index (κ3) is 2.44. The van der Waals surface area contributed by atoms with Gasteiger partial charge in [0.1, 0.15) is 11.6 Å². The first-order valence-corrected chi connectivity index (χ1v) is 6.25. The van der Waals surface area contributed by atoms with E-state index in [1.54, 1.807) is 37.3 Å². The summed E-state index contributed by atoms with van der Waals surface area (Å²) >= 11 is 3.11. The molecule has 2 aromatic carbocycles. The van der Waals surface area contributed by atoms with E-state index in [1.807, 2.05) is 0 Å². The molecule has 0 saturated heterocycles. The molecule has 1 atom stereocenters. The van der Waals surface area contributed by atoms with E-state index >= 15 is 0 Å². The number of nitrogens with two attached hydrogens (primary N) is 1. The molecule has 0 radical (unpaired) electrons. The predicted octanol–water partition coefficient (Wildman–Crippen LogP) is 4.08. The van der Waals surface area contributed by atoms with E-state index in [0.717, 1.165) is 0 Å². The van der Waals surface area contributed by atoms with E-state index in [2.05, 4.69) is 15.9 Å². The molecule has 0 heterocycles. The van der Waals surface area contributed by atoms with Crippen molar-refractivity contribution in [3.8, 4) is 0 Å². The first-order chi connectivity index (χ1) is 8.50. The number of benzene rings is 2. The fraction of sp³-hybridized carbons (Fsp3) is 0.143. The summed E-state index contributed by atoms with van der Waals surface area (Å²) < 4.78 is 27.7. The van der Waals surface area contributed by atoms with Gasteiger partial charge in [0.15, 0.2) is 0 Å². The second-order valence-electron chi connectivity index (χ2n) is 4.13. The summed E-state index contributed by atoms with van der Waals surface area (Å²) in [4.78, 5) is 0. The molecule has 18 heavy (non-hydrogen) atoms. The van der Waals surface area contributed by atoms with Crippen LogP contribution in [0.2, 0.25) is 0 Å². The fourth-order valence-electron chi connectivity index (χ4n) is 1.74. The molecule has 1 nitrogen and oxygen atoms in total. The van der Waals surface area contributed by atoms with Crippen LogP contribution in [0, 0.1) is 18.6 Å². The van der Waals surface area contributed by atoms with Crippen molar-refractivity contribution in [3.05, 3.63) is 69.2 Å². The largest absolute Gasteiger partial charge is 0.320 e. The Kier molecular flexibility index (Phi) is 3.78. The second-order valence-corrected chi connectivity index (χ2v) is 4.98. The minimum Gasteiger partial charge on any atom is -0.320 e. The molecule has 0 bridgehead atoms. The number of aryl methyl sites for hydroxylation is 1. The summed E-state index contributed by atoms with van der Waals surface area (Å²) in [6.07, 6.45) is 0. The van der Waals surface area contributed by atoms with Gasteiger partial charge in [0, 0.05) is 5.56 Å². The lowest BCUT2D eigenvalue weighted by molar-refractivity contribution is 0.589. The zero-order valence-electron chi connectivity index (χ0n) is 9.75. The van der Waals surface area contributed by atoms with Crippen LogP contribution in [0.15, 0.2) is 40.9 Å². The molecule has 0 amide bonds. The van der Waals surface area contributed by atoms with Crippen LogP contribution in [0.4, 0.5) is 8.78 Å². The van der Waals surface area contributed by atoms with Crippen LogP contribution in [-0.4, -0.2) is 0 Å². The Labute approximate surface area is 113 Å². The lowest BCUT2D eigenvalue weighted by Gasteiger charge is -2.14. The molecule has 0 spiro atoms. The van der Waals surface area contributed by atoms with E-state index in [0.29, 0.717) is 21.2 Å². The van der Waals surface area contributed by atoms with Crippen molar-refractivity contribution in [2.75, 3.05) is 0 Å². The molecule has 0 aliphatic rings. The highest BCUT2D eigenvalue weighted by atomic mass is 79.9. The summed E-state index contributed by atoms with van der Waals surface area (Å²) in [5, 5.41) is 0. The SMILES string of the molecule is Cc1ccc(C(N)c2cccc(Br)c2F)cc1F. The van der Waals surface area contributed by atoms with Crippen molar-refractivity contribution < 1.29 is 8.78 Å². The minimum absolute atomic E-state index is 0.335. The van der Waals surface area contributed by atoms with Gasteiger partial charge in [-0.15, -0.1) is 0 Å². The lowest BCUT2D eigenvalue weighted by Crippen LogP contribution is -2.14. The molecule has 0 aliphatic carbocycles. The van der Waals surface area contributed by atoms with Crippen molar-refractivity contribution in [1.82, 2.24) is 0 Å². The van der Waals surface area contributed by atoms with Crippen LogP contribution in [0.25, 0.3) is 0 Å². The zero-order valence-corrected chi connectivity index (χ0v) is 11.3. The Balaban J connectivity index is 2.44. The van der Waals surface area contributed by atoms with Crippen LogP contribution in [-0.2, 0) is 0 Å². The van der Waals surface area contributed by atoms with Gasteiger partial charge in [0.25, 0.3) is 0 Å². The third-order valence-corrected chi connectivity index (χ3v) is 3.48. The van der Waals surface area contributed by atoms with Gasteiger partial charge in [-0.3, -0.25) is 0 Å². The van der Waals surface area contributed by atoms with Gasteiger partial charge in [0.05, 0.1) is 10.5 Å². The van der Waals surface area contributed by atoms with Gasteiger partial charge >= 0.3 is 0 Å². The first-order valence-electron chi connectivity index (χ1n) is 5.46. The lowest BCUT2D eigenvalue weighted by atomic mass is 9.98. The normalized spacial score (nSPS) is 12.5. The maximum Gasteiger partial charge on any atom is 0.142 e. The summed E-state index contributed by atoms with van der Waals surface area (Å²) in [6, 6.07) is 8.92. The molecular weight excluding hydrogens is 300 g/mol. The Hall–Kier alpha value is -1.26. The Morgan fingerprint density at radius 3 is 2.56 bits per heavy atom. The Bertz CT molecular complexity index is 584. The van der Waals surface area contributed by atoms with Crippen LogP contribution >= 0.6 is 15.9 Å². The summed E-state index contributed by atoms with van der Waals surface area (Å²) in [5.41, 5.74) is 7.41. The van der Waals surface area contributed by atoms with Gasteiger partial charge in [-0.1, -0.05) is 24.3 Å². The summed E-state index contributed by atoms with van der Waals surface area (Å²) in [5.74, 6) is -0.746. The van der Waals surface area contributed by atoms with E-state index < -0.39 is 11.9 Å². The van der Waals surface area contributed by atoms with Crippen molar-refractivity contribution in [2.45, 2.75) is 13.0 Å². The van der Waals surface area contributed by atoms with Crippen LogP contribution in [0.3, 0.4) is 0 Å². The minimum atomic E-state index is -0.683. The molecule has 0 fully saturated rings. The van der Waals surface area contributed by atoms with Crippen molar-refractivity contribution >= 4 is 15.9 Å². The molecule has 2 aromatic rings. The van der Waals surface area contributed by atoms with Crippen molar-refractivity contribution in [3.63, 3.8) is 0 Å². The predicted molar refractivity (Wildman–Crippen MR) is 71.3 cm³/mol. The Morgan fingerprint density at radius 1 is 1.17 bits per heavy atom. The van der Waals surface area contributed by atoms with E-state index in [9.17, 15) is 8.78 Å². The number of halogens is 3.